The molecule has 3 unspecified atom stereocenters. The minimum atomic E-state index is -0.579. The van der Waals surface area contributed by atoms with Gasteiger partial charge in [0.25, 0.3) is 0 Å². The van der Waals surface area contributed by atoms with Crippen LogP contribution in [0.15, 0.2) is 0 Å². The predicted molar refractivity (Wildman–Crippen MR) is 68.9 cm³/mol. The van der Waals surface area contributed by atoms with Crippen LogP contribution in [0.1, 0.15) is 39.0 Å². The molecule has 0 spiro atoms. The number of imide groups is 1. The number of hydrogen-bond donors (Lipinski definition) is 2. The van der Waals surface area contributed by atoms with Crippen LogP contribution in [0.3, 0.4) is 0 Å². The Morgan fingerprint density at radius 1 is 1.37 bits per heavy atom. The maximum Gasteiger partial charge on any atom is 0.249 e. The SMILES string of the molecule is CC1C(=O)NC(=O)CN1C(=O)CC1CCCCC1N. The molecule has 0 bridgehead atoms. The van der Waals surface area contributed by atoms with Crippen LogP contribution < -0.4 is 11.1 Å². The van der Waals surface area contributed by atoms with Crippen LogP contribution in [0.25, 0.3) is 0 Å². The summed E-state index contributed by atoms with van der Waals surface area (Å²) in [5.74, 6) is -0.784. The quantitative estimate of drug-likeness (QED) is 0.676. The molecule has 3 atom stereocenters. The van der Waals surface area contributed by atoms with Gasteiger partial charge < -0.3 is 10.6 Å². The number of hydrogen-bond acceptors (Lipinski definition) is 4. The number of nitrogens with zero attached hydrogens (tertiary/aromatic N) is 1. The van der Waals surface area contributed by atoms with E-state index in [2.05, 4.69) is 5.32 Å². The van der Waals surface area contributed by atoms with Crippen LogP contribution >= 0.6 is 0 Å². The maximum absolute atomic E-state index is 12.3. The van der Waals surface area contributed by atoms with Crippen molar-refractivity contribution in [1.82, 2.24) is 10.2 Å². The molecule has 6 heteroatoms. The second-order valence-corrected chi connectivity index (χ2v) is 5.52. The number of nitrogens with one attached hydrogen (secondary N) is 1. The summed E-state index contributed by atoms with van der Waals surface area (Å²) in [6.07, 6.45) is 4.46. The summed E-state index contributed by atoms with van der Waals surface area (Å²) in [6, 6.07) is -0.521. The molecule has 2 rings (SSSR count). The lowest BCUT2D eigenvalue weighted by molar-refractivity contribution is -0.150. The van der Waals surface area contributed by atoms with Gasteiger partial charge in [0.15, 0.2) is 0 Å². The molecule has 1 heterocycles. The lowest BCUT2D eigenvalue weighted by Crippen LogP contribution is -2.59. The number of amides is 3. The summed E-state index contributed by atoms with van der Waals surface area (Å²) < 4.78 is 0. The van der Waals surface area contributed by atoms with Gasteiger partial charge in [-0.25, -0.2) is 0 Å². The Hall–Kier alpha value is -1.43. The monoisotopic (exact) mass is 267 g/mol. The number of rotatable bonds is 2. The Morgan fingerprint density at radius 2 is 2.05 bits per heavy atom. The minimum Gasteiger partial charge on any atom is -0.327 e. The first-order chi connectivity index (χ1) is 8.99. The van der Waals surface area contributed by atoms with E-state index in [1.165, 1.54) is 4.90 Å². The molecule has 3 N–H and O–H groups in total. The molecule has 2 aliphatic rings. The lowest BCUT2D eigenvalue weighted by Gasteiger charge is -2.34. The Labute approximate surface area is 112 Å². The van der Waals surface area contributed by atoms with Crippen molar-refractivity contribution in [3.8, 4) is 0 Å². The molecule has 2 fully saturated rings. The molecule has 1 saturated heterocycles. The molecule has 106 valence electrons. The van der Waals surface area contributed by atoms with E-state index in [1.807, 2.05) is 0 Å². The fourth-order valence-electron chi connectivity index (χ4n) is 2.85. The molecular weight excluding hydrogens is 246 g/mol. The van der Waals surface area contributed by atoms with Crippen LogP contribution in [0.4, 0.5) is 0 Å². The zero-order chi connectivity index (χ0) is 14.0. The van der Waals surface area contributed by atoms with Crippen LogP contribution in [-0.4, -0.2) is 41.2 Å². The first kappa shape index (κ1) is 14.0. The fourth-order valence-corrected chi connectivity index (χ4v) is 2.85. The molecule has 6 nitrogen and oxygen atoms in total. The molecule has 0 aromatic rings. The van der Waals surface area contributed by atoms with Crippen LogP contribution in [-0.2, 0) is 14.4 Å². The standard InChI is InChI=1S/C13H21N3O3/c1-8-13(19)15-11(17)7-16(8)12(18)6-9-4-2-3-5-10(9)14/h8-10H,2-7,14H2,1H3,(H,15,17,19). The molecule has 0 aromatic heterocycles. The zero-order valence-corrected chi connectivity index (χ0v) is 11.2. The van der Waals surface area contributed by atoms with E-state index in [0.29, 0.717) is 6.42 Å². The van der Waals surface area contributed by atoms with Gasteiger partial charge in [-0.2, -0.15) is 0 Å². The van der Waals surface area contributed by atoms with Crippen molar-refractivity contribution in [2.75, 3.05) is 6.54 Å². The molecule has 0 aromatic carbocycles. The predicted octanol–water partition coefficient (Wildman–Crippen LogP) is -0.232. The topological polar surface area (TPSA) is 92.5 Å². The lowest BCUT2D eigenvalue weighted by atomic mass is 9.82. The van der Waals surface area contributed by atoms with Crippen LogP contribution in [0.5, 0.6) is 0 Å². The summed E-state index contributed by atoms with van der Waals surface area (Å²) in [5, 5.41) is 2.23. The summed E-state index contributed by atoms with van der Waals surface area (Å²) in [7, 11) is 0. The first-order valence-electron chi connectivity index (χ1n) is 6.87. The first-order valence-corrected chi connectivity index (χ1v) is 6.87. The Morgan fingerprint density at radius 3 is 2.74 bits per heavy atom. The highest BCUT2D eigenvalue weighted by atomic mass is 16.2. The van der Waals surface area contributed by atoms with E-state index in [4.69, 9.17) is 5.73 Å². The van der Waals surface area contributed by atoms with Gasteiger partial charge in [-0.15, -0.1) is 0 Å². The molecule has 3 amide bonds. The minimum absolute atomic E-state index is 0.0340. The Balaban J connectivity index is 1.98. The third-order valence-corrected chi connectivity index (χ3v) is 4.15. The molecule has 0 radical (unpaired) electrons. The summed E-state index contributed by atoms with van der Waals surface area (Å²) >= 11 is 0. The average molecular weight is 267 g/mol. The molecule has 1 aliphatic carbocycles. The van der Waals surface area contributed by atoms with Crippen molar-refractivity contribution < 1.29 is 14.4 Å². The Kier molecular flexibility index (Phi) is 4.19. The smallest absolute Gasteiger partial charge is 0.249 e. The number of piperazine rings is 1. The number of nitrogens with two attached hydrogens (primary N) is 1. The normalized spacial score (nSPS) is 32.1. The van der Waals surface area contributed by atoms with Gasteiger partial charge in [-0.05, 0) is 25.7 Å². The highest BCUT2D eigenvalue weighted by Gasteiger charge is 2.35. The van der Waals surface area contributed by atoms with Crippen molar-refractivity contribution in [3.63, 3.8) is 0 Å². The molecule has 1 aliphatic heterocycles. The second-order valence-electron chi connectivity index (χ2n) is 5.52. The van der Waals surface area contributed by atoms with E-state index in [-0.39, 0.29) is 24.4 Å². The zero-order valence-electron chi connectivity index (χ0n) is 11.2. The highest BCUT2D eigenvalue weighted by molar-refractivity contribution is 6.04. The fraction of sp³-hybridized carbons (Fsp3) is 0.769. The van der Waals surface area contributed by atoms with Crippen molar-refractivity contribution >= 4 is 17.7 Å². The summed E-state index contributed by atoms with van der Waals surface area (Å²) in [6.45, 7) is 1.61. The van der Waals surface area contributed by atoms with Gasteiger partial charge in [0, 0.05) is 12.5 Å². The van der Waals surface area contributed by atoms with Gasteiger partial charge in [0.05, 0.1) is 0 Å². The van der Waals surface area contributed by atoms with E-state index in [1.54, 1.807) is 6.92 Å². The molecular formula is C13H21N3O3. The number of carbonyl (C=O) groups is 3. The van der Waals surface area contributed by atoms with Gasteiger partial charge in [0.2, 0.25) is 17.7 Å². The van der Waals surface area contributed by atoms with Crippen molar-refractivity contribution in [1.29, 1.82) is 0 Å². The van der Waals surface area contributed by atoms with Crippen molar-refractivity contribution in [3.05, 3.63) is 0 Å². The van der Waals surface area contributed by atoms with Gasteiger partial charge >= 0.3 is 0 Å². The molecule has 1 saturated carbocycles. The summed E-state index contributed by atoms with van der Waals surface area (Å²) in [5.41, 5.74) is 6.03. The molecule has 19 heavy (non-hydrogen) atoms. The summed E-state index contributed by atoms with van der Waals surface area (Å²) in [4.78, 5) is 36.5. The number of carbonyl (C=O) groups excluding carboxylic acids is 3. The van der Waals surface area contributed by atoms with E-state index < -0.39 is 17.9 Å². The van der Waals surface area contributed by atoms with Crippen molar-refractivity contribution in [2.24, 2.45) is 11.7 Å². The van der Waals surface area contributed by atoms with Gasteiger partial charge in [-0.1, -0.05) is 12.8 Å². The second kappa shape index (κ2) is 5.69. The van der Waals surface area contributed by atoms with Crippen molar-refractivity contribution in [2.45, 2.75) is 51.1 Å². The highest BCUT2D eigenvalue weighted by Crippen LogP contribution is 2.26. The van der Waals surface area contributed by atoms with Gasteiger partial charge in [0.1, 0.15) is 12.6 Å². The average Bonchev–Trinajstić information content (AvgIpc) is 2.36. The third-order valence-electron chi connectivity index (χ3n) is 4.15. The third kappa shape index (κ3) is 3.12. The maximum atomic E-state index is 12.3. The van der Waals surface area contributed by atoms with E-state index in [9.17, 15) is 14.4 Å². The van der Waals surface area contributed by atoms with Gasteiger partial charge in [-0.3, -0.25) is 19.7 Å². The van der Waals surface area contributed by atoms with Crippen LogP contribution in [0.2, 0.25) is 0 Å². The van der Waals surface area contributed by atoms with E-state index in [0.717, 1.165) is 25.7 Å². The van der Waals surface area contributed by atoms with E-state index >= 15 is 0 Å². The van der Waals surface area contributed by atoms with Crippen LogP contribution in [0, 0.1) is 5.92 Å². The Bertz CT molecular complexity index is 397. The largest absolute Gasteiger partial charge is 0.327 e.